The van der Waals surface area contributed by atoms with E-state index in [4.69, 9.17) is 9.47 Å². The highest BCUT2D eigenvalue weighted by Crippen LogP contribution is 2.68. The van der Waals surface area contributed by atoms with Gasteiger partial charge in [-0.3, -0.25) is 4.79 Å². The van der Waals surface area contributed by atoms with E-state index in [0.29, 0.717) is 12.0 Å². The molecule has 105 valence electrons. The van der Waals surface area contributed by atoms with Crippen LogP contribution in [0.3, 0.4) is 0 Å². The third-order valence-electron chi connectivity index (χ3n) is 6.50. The summed E-state index contributed by atoms with van der Waals surface area (Å²) in [4.78, 5) is 11.5. The lowest BCUT2D eigenvalue weighted by atomic mass is 9.69. The van der Waals surface area contributed by atoms with Gasteiger partial charge < -0.3 is 9.47 Å². The summed E-state index contributed by atoms with van der Waals surface area (Å²) >= 11 is 0. The fraction of sp³-hybridized carbons (Fsp3) is 0.875. The van der Waals surface area contributed by atoms with Gasteiger partial charge in [0.05, 0.1) is 12.5 Å². The molecule has 0 spiro atoms. The van der Waals surface area contributed by atoms with Crippen LogP contribution >= 0.6 is 0 Å². The van der Waals surface area contributed by atoms with Gasteiger partial charge in [0.1, 0.15) is 6.10 Å². The predicted octanol–water partition coefficient (Wildman–Crippen LogP) is 2.45. The van der Waals surface area contributed by atoms with Crippen LogP contribution in [0.15, 0.2) is 0 Å². The zero-order chi connectivity index (χ0) is 13.1. The lowest BCUT2D eigenvalue weighted by molar-refractivity contribution is -0.150. The van der Waals surface area contributed by atoms with Gasteiger partial charge in [-0.2, -0.15) is 0 Å². The van der Waals surface area contributed by atoms with Crippen LogP contribution < -0.4 is 0 Å². The smallest absolute Gasteiger partial charge is 0.309 e. The molecule has 0 amide bonds. The van der Waals surface area contributed by atoms with Crippen molar-refractivity contribution in [1.82, 2.24) is 0 Å². The maximum absolute atomic E-state index is 11.5. The molecule has 0 N–H and O–H groups in total. The summed E-state index contributed by atoms with van der Waals surface area (Å²) in [6, 6.07) is 0. The minimum Gasteiger partial charge on any atom is -0.462 e. The standard InChI is InChI=1S/C16H23O3/c1-3-14(17)19-13-7-9-5-11(13)16-8-4-10(15(9)16)12(6-8)18-2/h3,8-13,15-16H,4-7H2,1-2H3. The Balaban J connectivity index is 1.51. The summed E-state index contributed by atoms with van der Waals surface area (Å²) in [6.07, 6.45) is 7.26. The van der Waals surface area contributed by atoms with Gasteiger partial charge >= 0.3 is 5.97 Å². The Hall–Kier alpha value is -0.570. The van der Waals surface area contributed by atoms with Crippen molar-refractivity contribution in [2.24, 2.45) is 35.5 Å². The maximum Gasteiger partial charge on any atom is 0.309 e. The number of esters is 1. The summed E-state index contributed by atoms with van der Waals surface area (Å²) in [6.45, 7) is 1.76. The van der Waals surface area contributed by atoms with Gasteiger partial charge in [-0.05, 0) is 61.2 Å². The molecule has 0 heterocycles. The largest absolute Gasteiger partial charge is 0.462 e. The van der Waals surface area contributed by atoms with E-state index in [-0.39, 0.29) is 12.1 Å². The highest BCUT2D eigenvalue weighted by molar-refractivity contribution is 5.78. The number of hydrogen-bond donors (Lipinski definition) is 0. The van der Waals surface area contributed by atoms with E-state index >= 15 is 0 Å². The first-order chi connectivity index (χ1) is 9.22. The van der Waals surface area contributed by atoms with Crippen LogP contribution in [0.2, 0.25) is 0 Å². The lowest BCUT2D eigenvalue weighted by Crippen LogP contribution is -2.41. The molecule has 1 radical (unpaired) electrons. The second kappa shape index (κ2) is 4.21. The molecule has 0 aromatic carbocycles. The summed E-state index contributed by atoms with van der Waals surface area (Å²) in [5.41, 5.74) is 0. The molecular formula is C16H23O3. The Morgan fingerprint density at radius 2 is 1.58 bits per heavy atom. The average Bonchev–Trinajstić information content (AvgIpc) is 3.14. The normalized spacial score (nSPS) is 53.6. The number of carbonyl (C=O) groups excluding carboxylic acids is 1. The van der Waals surface area contributed by atoms with Crippen molar-refractivity contribution in [2.45, 2.75) is 44.8 Å². The molecule has 0 aliphatic heterocycles. The number of methoxy groups -OCH3 is 1. The van der Waals surface area contributed by atoms with E-state index in [1.54, 1.807) is 13.3 Å². The summed E-state index contributed by atoms with van der Waals surface area (Å²) in [5.74, 6) is 4.63. The number of hydrogen-bond acceptors (Lipinski definition) is 3. The van der Waals surface area contributed by atoms with Crippen LogP contribution in [0, 0.1) is 41.9 Å². The van der Waals surface area contributed by atoms with Crippen LogP contribution in [0.5, 0.6) is 0 Å². The molecule has 4 aliphatic carbocycles. The summed E-state index contributed by atoms with van der Waals surface area (Å²) < 4.78 is 11.3. The second-order valence-corrected chi connectivity index (χ2v) is 6.98. The van der Waals surface area contributed by atoms with Crippen molar-refractivity contribution < 1.29 is 14.3 Å². The third kappa shape index (κ3) is 1.57. The molecule has 4 rings (SSSR count). The van der Waals surface area contributed by atoms with E-state index in [1.807, 2.05) is 7.11 Å². The quantitative estimate of drug-likeness (QED) is 0.579. The number of rotatable bonds is 3. The van der Waals surface area contributed by atoms with Gasteiger partial charge in [-0.25, -0.2) is 0 Å². The molecule has 4 aliphatic rings. The molecule has 8 unspecified atom stereocenters. The topological polar surface area (TPSA) is 35.5 Å². The molecule has 8 atom stereocenters. The van der Waals surface area contributed by atoms with Crippen molar-refractivity contribution in [3.8, 4) is 0 Å². The minimum absolute atomic E-state index is 0.132. The molecule has 3 heteroatoms. The fourth-order valence-electron chi connectivity index (χ4n) is 6.10. The van der Waals surface area contributed by atoms with Crippen LogP contribution in [-0.2, 0) is 14.3 Å². The predicted molar refractivity (Wildman–Crippen MR) is 70.1 cm³/mol. The third-order valence-corrected chi connectivity index (χ3v) is 6.50. The Morgan fingerprint density at radius 1 is 1.00 bits per heavy atom. The summed E-state index contributed by atoms with van der Waals surface area (Å²) in [5, 5.41) is 0. The molecular weight excluding hydrogens is 240 g/mol. The van der Waals surface area contributed by atoms with E-state index in [9.17, 15) is 4.79 Å². The van der Waals surface area contributed by atoms with Gasteiger partial charge in [0.15, 0.2) is 0 Å². The number of ether oxygens (including phenoxy) is 2. The van der Waals surface area contributed by atoms with Gasteiger partial charge in [0, 0.05) is 7.11 Å². The lowest BCUT2D eigenvalue weighted by Gasteiger charge is -2.40. The monoisotopic (exact) mass is 263 g/mol. The van der Waals surface area contributed by atoms with Crippen LogP contribution in [0.1, 0.15) is 32.6 Å². The van der Waals surface area contributed by atoms with Gasteiger partial charge in [-0.1, -0.05) is 6.92 Å². The van der Waals surface area contributed by atoms with E-state index in [1.165, 1.54) is 19.3 Å². The fourth-order valence-corrected chi connectivity index (χ4v) is 6.10. The van der Waals surface area contributed by atoms with Crippen LogP contribution in [0.25, 0.3) is 0 Å². The van der Waals surface area contributed by atoms with E-state index in [0.717, 1.165) is 36.0 Å². The van der Waals surface area contributed by atoms with Crippen molar-refractivity contribution in [2.75, 3.05) is 7.11 Å². The highest BCUT2D eigenvalue weighted by Gasteiger charge is 2.65. The molecule has 4 fully saturated rings. The molecule has 3 nitrogen and oxygen atoms in total. The Labute approximate surface area is 115 Å². The second-order valence-electron chi connectivity index (χ2n) is 6.98. The SMILES string of the molecule is C[CH]C(=O)OC1CC2CC1C1C3CC(OC)C(C3)C21. The molecule has 4 bridgehead atoms. The number of fused-ring (bicyclic) bond motifs is 9. The van der Waals surface area contributed by atoms with Crippen LogP contribution in [-0.4, -0.2) is 25.3 Å². The zero-order valence-corrected chi connectivity index (χ0v) is 11.7. The number of carbonyl (C=O) groups is 1. The highest BCUT2D eigenvalue weighted by atomic mass is 16.5. The van der Waals surface area contributed by atoms with E-state index < -0.39 is 0 Å². The Bertz CT molecular complexity index is 393. The first-order valence-corrected chi connectivity index (χ1v) is 7.75. The van der Waals surface area contributed by atoms with E-state index in [2.05, 4.69) is 0 Å². The van der Waals surface area contributed by atoms with Gasteiger partial charge in [0.25, 0.3) is 0 Å². The summed E-state index contributed by atoms with van der Waals surface area (Å²) in [7, 11) is 1.87. The van der Waals surface area contributed by atoms with Crippen LogP contribution in [0.4, 0.5) is 0 Å². The molecule has 0 aromatic rings. The van der Waals surface area contributed by atoms with Crippen molar-refractivity contribution in [1.29, 1.82) is 0 Å². The molecule has 0 saturated heterocycles. The minimum atomic E-state index is -0.132. The molecule has 0 aromatic heterocycles. The Morgan fingerprint density at radius 3 is 2.16 bits per heavy atom. The van der Waals surface area contributed by atoms with Crippen molar-refractivity contribution in [3.63, 3.8) is 0 Å². The maximum atomic E-state index is 11.5. The van der Waals surface area contributed by atoms with Gasteiger partial charge in [-0.15, -0.1) is 0 Å². The average molecular weight is 263 g/mol. The van der Waals surface area contributed by atoms with Gasteiger partial charge in [0.2, 0.25) is 0 Å². The molecule has 19 heavy (non-hydrogen) atoms. The zero-order valence-electron chi connectivity index (χ0n) is 11.7. The Kier molecular flexibility index (Phi) is 2.70. The first-order valence-electron chi connectivity index (χ1n) is 7.75. The van der Waals surface area contributed by atoms with Crippen molar-refractivity contribution in [3.05, 3.63) is 6.42 Å². The molecule has 4 saturated carbocycles. The van der Waals surface area contributed by atoms with Crippen molar-refractivity contribution >= 4 is 5.97 Å². The first kappa shape index (κ1) is 12.2.